The van der Waals surface area contributed by atoms with Crippen LogP contribution in [-0.2, 0) is 22.7 Å². The van der Waals surface area contributed by atoms with Crippen molar-refractivity contribution in [3.05, 3.63) is 94.0 Å². The van der Waals surface area contributed by atoms with E-state index in [-0.39, 0.29) is 12.2 Å². The van der Waals surface area contributed by atoms with Crippen molar-refractivity contribution in [1.29, 1.82) is 0 Å². The van der Waals surface area contributed by atoms with Crippen LogP contribution in [0.5, 0.6) is 5.75 Å². The van der Waals surface area contributed by atoms with E-state index >= 15 is 0 Å². The molecule has 4 rings (SSSR count). The van der Waals surface area contributed by atoms with Crippen molar-refractivity contribution in [2.24, 2.45) is 0 Å². The minimum Gasteiger partial charge on any atom is -0.488 e. The van der Waals surface area contributed by atoms with E-state index in [1.165, 1.54) is 0 Å². The summed E-state index contributed by atoms with van der Waals surface area (Å²) in [5.41, 5.74) is 2.58. The van der Waals surface area contributed by atoms with Gasteiger partial charge in [0.1, 0.15) is 29.5 Å². The zero-order chi connectivity index (χ0) is 24.8. The number of esters is 1. The van der Waals surface area contributed by atoms with Gasteiger partial charge in [-0.25, -0.2) is 9.48 Å². The number of carbonyl (C=O) groups is 2. The summed E-state index contributed by atoms with van der Waals surface area (Å²) >= 11 is 6.22. The van der Waals surface area contributed by atoms with Crippen LogP contribution in [0.4, 0.5) is 5.82 Å². The highest BCUT2D eigenvalue weighted by Crippen LogP contribution is 2.22. The molecule has 0 aliphatic rings. The second-order valence-electron chi connectivity index (χ2n) is 7.68. The van der Waals surface area contributed by atoms with Gasteiger partial charge in [0, 0.05) is 11.1 Å². The van der Waals surface area contributed by atoms with Gasteiger partial charge >= 0.3 is 5.97 Å². The smallest absolute Gasteiger partial charge is 0.342 e. The van der Waals surface area contributed by atoms with E-state index in [2.05, 4.69) is 15.6 Å². The molecule has 0 unspecified atom stereocenters. The third-order valence-electron chi connectivity index (χ3n) is 5.26. The van der Waals surface area contributed by atoms with Gasteiger partial charge in [-0.1, -0.05) is 47.1 Å². The van der Waals surface area contributed by atoms with Gasteiger partial charge in [0.25, 0.3) is 5.91 Å². The summed E-state index contributed by atoms with van der Waals surface area (Å²) in [7, 11) is 0. The Morgan fingerprint density at radius 2 is 1.86 bits per heavy atom. The van der Waals surface area contributed by atoms with Crippen molar-refractivity contribution in [2.45, 2.75) is 27.0 Å². The lowest BCUT2D eigenvalue weighted by Crippen LogP contribution is -2.23. The number of anilines is 1. The Kier molecular flexibility index (Phi) is 7.47. The zero-order valence-electron chi connectivity index (χ0n) is 19.2. The summed E-state index contributed by atoms with van der Waals surface area (Å²) in [5.74, 6) is 0.241. The molecule has 9 nitrogen and oxygen atoms in total. The van der Waals surface area contributed by atoms with E-state index in [0.29, 0.717) is 34.6 Å². The molecule has 2 aromatic carbocycles. The maximum absolute atomic E-state index is 12.7. The predicted molar refractivity (Wildman–Crippen MR) is 128 cm³/mol. The number of hydrogen-bond donors (Lipinski definition) is 1. The number of aromatic nitrogens is 3. The Labute approximate surface area is 206 Å². The van der Waals surface area contributed by atoms with Crippen LogP contribution in [0.15, 0.2) is 65.3 Å². The Balaban J connectivity index is 1.35. The van der Waals surface area contributed by atoms with E-state index in [9.17, 15) is 9.59 Å². The molecule has 0 saturated heterocycles. The van der Waals surface area contributed by atoms with Gasteiger partial charge in [-0.2, -0.15) is 5.10 Å². The molecule has 35 heavy (non-hydrogen) atoms. The standard InChI is InChI=1S/C25H23ClN4O5/c1-16-20(17(2)35-29-16)14-33-22-10-6-4-8-19(22)25(32)34-15-24(31)28-23-11-12-27-30(23)13-18-7-3-5-9-21(18)26/h3-12H,13-15H2,1-2H3,(H,28,31). The number of nitrogens with one attached hydrogen (secondary N) is 1. The summed E-state index contributed by atoms with van der Waals surface area (Å²) in [6.45, 7) is 3.68. The SMILES string of the molecule is Cc1noc(C)c1COc1ccccc1C(=O)OCC(=O)Nc1ccnn1Cc1ccccc1Cl. The fourth-order valence-corrected chi connectivity index (χ4v) is 3.56. The highest BCUT2D eigenvalue weighted by atomic mass is 35.5. The third-order valence-corrected chi connectivity index (χ3v) is 5.63. The molecule has 0 aliphatic carbocycles. The van der Waals surface area contributed by atoms with Crippen LogP contribution >= 0.6 is 11.6 Å². The first kappa shape index (κ1) is 24.0. The van der Waals surface area contributed by atoms with Crippen molar-refractivity contribution < 1.29 is 23.6 Å². The van der Waals surface area contributed by atoms with Gasteiger partial charge < -0.3 is 19.3 Å². The first-order valence-electron chi connectivity index (χ1n) is 10.8. The highest BCUT2D eigenvalue weighted by molar-refractivity contribution is 6.31. The number of rotatable bonds is 9. The Morgan fingerprint density at radius 3 is 2.63 bits per heavy atom. The maximum Gasteiger partial charge on any atom is 0.342 e. The van der Waals surface area contributed by atoms with Crippen LogP contribution in [0.1, 0.15) is 32.9 Å². The van der Waals surface area contributed by atoms with Crippen molar-refractivity contribution >= 4 is 29.3 Å². The Morgan fingerprint density at radius 1 is 1.09 bits per heavy atom. The fourth-order valence-electron chi connectivity index (χ4n) is 3.36. The molecule has 1 amide bonds. The number of ether oxygens (including phenoxy) is 2. The normalized spacial score (nSPS) is 10.7. The van der Waals surface area contributed by atoms with Gasteiger partial charge in [-0.3, -0.25) is 4.79 Å². The minimum absolute atomic E-state index is 0.182. The predicted octanol–water partition coefficient (Wildman–Crippen LogP) is 4.56. The number of halogens is 1. The van der Waals surface area contributed by atoms with Crippen molar-refractivity contribution in [2.75, 3.05) is 11.9 Å². The van der Waals surface area contributed by atoms with Crippen LogP contribution in [0, 0.1) is 13.8 Å². The summed E-state index contributed by atoms with van der Waals surface area (Å²) < 4.78 is 17.8. The average Bonchev–Trinajstić information content (AvgIpc) is 3.42. The molecule has 1 N–H and O–H groups in total. The minimum atomic E-state index is -0.681. The summed E-state index contributed by atoms with van der Waals surface area (Å²) in [5, 5.41) is 11.4. The molecule has 0 fully saturated rings. The number of hydrogen-bond acceptors (Lipinski definition) is 7. The Hall–Kier alpha value is -4.11. The molecule has 0 aliphatic heterocycles. The van der Waals surface area contributed by atoms with E-state index in [1.807, 2.05) is 25.1 Å². The monoisotopic (exact) mass is 494 g/mol. The van der Waals surface area contributed by atoms with Crippen LogP contribution in [0.2, 0.25) is 5.02 Å². The highest BCUT2D eigenvalue weighted by Gasteiger charge is 2.18. The lowest BCUT2D eigenvalue weighted by molar-refractivity contribution is -0.119. The molecule has 2 heterocycles. The quantitative estimate of drug-likeness (QED) is 0.339. The topological polar surface area (TPSA) is 108 Å². The number of carbonyl (C=O) groups excluding carboxylic acids is 2. The summed E-state index contributed by atoms with van der Waals surface area (Å²) in [6, 6.07) is 15.7. The molecular weight excluding hydrogens is 472 g/mol. The van der Waals surface area contributed by atoms with Crippen molar-refractivity contribution in [1.82, 2.24) is 14.9 Å². The molecule has 0 saturated carbocycles. The van der Waals surface area contributed by atoms with Crippen LogP contribution < -0.4 is 10.1 Å². The van der Waals surface area contributed by atoms with Gasteiger partial charge in [0.2, 0.25) is 0 Å². The molecule has 180 valence electrons. The van der Waals surface area contributed by atoms with Crippen molar-refractivity contribution in [3.8, 4) is 5.75 Å². The van der Waals surface area contributed by atoms with E-state index in [0.717, 1.165) is 11.1 Å². The fraction of sp³-hybridized carbons (Fsp3) is 0.200. The molecule has 0 radical (unpaired) electrons. The van der Waals surface area contributed by atoms with Gasteiger partial charge in [0.15, 0.2) is 6.61 Å². The molecule has 0 bridgehead atoms. The second-order valence-corrected chi connectivity index (χ2v) is 8.08. The first-order valence-corrected chi connectivity index (χ1v) is 11.2. The van der Waals surface area contributed by atoms with E-state index < -0.39 is 18.5 Å². The number of benzene rings is 2. The van der Waals surface area contributed by atoms with Crippen LogP contribution in [-0.4, -0.2) is 33.4 Å². The van der Waals surface area contributed by atoms with Gasteiger partial charge in [0.05, 0.1) is 24.0 Å². The van der Waals surface area contributed by atoms with Crippen LogP contribution in [0.25, 0.3) is 0 Å². The number of para-hydroxylation sites is 1. The maximum atomic E-state index is 12.7. The van der Waals surface area contributed by atoms with E-state index in [1.54, 1.807) is 54.2 Å². The van der Waals surface area contributed by atoms with E-state index in [4.69, 9.17) is 25.6 Å². The number of nitrogens with zero attached hydrogens (tertiary/aromatic N) is 3. The summed E-state index contributed by atoms with van der Waals surface area (Å²) in [6.07, 6.45) is 1.56. The molecule has 10 heteroatoms. The van der Waals surface area contributed by atoms with Crippen LogP contribution in [0.3, 0.4) is 0 Å². The Bertz CT molecular complexity index is 1330. The number of aryl methyl sites for hydroxylation is 2. The molecule has 0 spiro atoms. The first-order chi connectivity index (χ1) is 16.9. The summed E-state index contributed by atoms with van der Waals surface area (Å²) in [4.78, 5) is 25.1. The lowest BCUT2D eigenvalue weighted by atomic mass is 10.2. The van der Waals surface area contributed by atoms with Gasteiger partial charge in [-0.15, -0.1) is 0 Å². The molecule has 4 aromatic rings. The second kappa shape index (κ2) is 10.9. The lowest BCUT2D eigenvalue weighted by Gasteiger charge is -2.12. The molecular formula is C25H23ClN4O5. The molecule has 0 atom stereocenters. The van der Waals surface area contributed by atoms with Gasteiger partial charge in [-0.05, 0) is 37.6 Å². The average molecular weight is 495 g/mol. The molecule has 2 aromatic heterocycles. The third kappa shape index (κ3) is 5.88. The largest absolute Gasteiger partial charge is 0.488 e. The van der Waals surface area contributed by atoms with Crippen molar-refractivity contribution in [3.63, 3.8) is 0 Å². The zero-order valence-corrected chi connectivity index (χ0v) is 19.9. The number of amides is 1.